The van der Waals surface area contributed by atoms with E-state index in [1.807, 2.05) is 70.5 Å². The number of hydrogen-bond donors (Lipinski definition) is 3. The first-order valence-electron chi connectivity index (χ1n) is 16.9. The number of nitrogens with one attached hydrogen (secondary N) is 2. The van der Waals surface area contributed by atoms with E-state index < -0.39 is 15.4 Å². The van der Waals surface area contributed by atoms with E-state index in [-0.39, 0.29) is 11.8 Å². The van der Waals surface area contributed by atoms with Gasteiger partial charge in [-0.2, -0.15) is 0 Å². The van der Waals surface area contributed by atoms with Crippen molar-refractivity contribution in [2.75, 3.05) is 73.7 Å². The number of amides is 2. The van der Waals surface area contributed by atoms with Gasteiger partial charge in [0, 0.05) is 105 Å². The van der Waals surface area contributed by atoms with Gasteiger partial charge in [0.15, 0.2) is 0 Å². The number of piperazine rings is 1. The highest BCUT2D eigenvalue weighted by molar-refractivity contribution is 7.92. The Morgan fingerprint density at radius 2 is 1.62 bits per heavy atom. The van der Waals surface area contributed by atoms with Gasteiger partial charge in [0.2, 0.25) is 15.9 Å². The van der Waals surface area contributed by atoms with Gasteiger partial charge in [-0.1, -0.05) is 12.1 Å². The van der Waals surface area contributed by atoms with Crippen molar-refractivity contribution < 1.29 is 22.7 Å². The molecule has 3 aliphatic rings. The highest BCUT2D eigenvalue weighted by Crippen LogP contribution is 2.44. The third kappa shape index (κ3) is 7.48. The molecule has 3 aliphatic heterocycles. The highest BCUT2D eigenvalue weighted by atomic mass is 32.2. The van der Waals surface area contributed by atoms with E-state index in [2.05, 4.69) is 14.5 Å². The Labute approximate surface area is 294 Å². The minimum absolute atomic E-state index is 0.0126. The summed E-state index contributed by atoms with van der Waals surface area (Å²) in [6.45, 7) is 5.83. The Bertz CT molecular complexity index is 1880. The van der Waals surface area contributed by atoms with Crippen LogP contribution in [0, 0.1) is 10.8 Å². The standard InChI is InChI=1S/C37H45N7O5S/c1-49-34-23-32(10-11-33(34)29(24-38)25-39)44-17-14-37(36(44)46)12-15-43(16-13-37)35(45)28-6-8-31(9-7-28)42-20-18-41(19-21-42)26-27-4-3-5-30(22-27)40-50(2,47)48/h3-11,22-25,38,40H,12-21,26,39H2,1-2H3/b29-25+,38-24?. The molecule has 3 fully saturated rings. The summed E-state index contributed by atoms with van der Waals surface area (Å²) in [4.78, 5) is 35.7. The minimum Gasteiger partial charge on any atom is -0.496 e. The van der Waals surface area contributed by atoms with E-state index in [1.54, 1.807) is 13.2 Å². The first-order valence-corrected chi connectivity index (χ1v) is 18.8. The summed E-state index contributed by atoms with van der Waals surface area (Å²) >= 11 is 0. The molecule has 3 saturated heterocycles. The first-order chi connectivity index (χ1) is 24.0. The van der Waals surface area contributed by atoms with Gasteiger partial charge in [0.1, 0.15) is 5.75 Å². The summed E-state index contributed by atoms with van der Waals surface area (Å²) in [5.74, 6) is 0.624. The molecule has 0 atom stereocenters. The number of likely N-dealkylation sites (tertiary alicyclic amines) is 1. The predicted octanol–water partition coefficient (Wildman–Crippen LogP) is 4.00. The average molecular weight is 700 g/mol. The third-order valence-corrected chi connectivity index (χ3v) is 10.8. The number of rotatable bonds is 10. The van der Waals surface area contributed by atoms with Gasteiger partial charge in [0.05, 0.1) is 18.8 Å². The topological polar surface area (TPSA) is 152 Å². The molecule has 0 saturated carbocycles. The summed E-state index contributed by atoms with van der Waals surface area (Å²) in [6, 6.07) is 20.8. The lowest BCUT2D eigenvalue weighted by atomic mass is 9.77. The zero-order chi connectivity index (χ0) is 35.5. The first kappa shape index (κ1) is 35.0. The second-order valence-electron chi connectivity index (χ2n) is 13.3. The summed E-state index contributed by atoms with van der Waals surface area (Å²) in [5, 5.41) is 7.62. The fraction of sp³-hybridized carbons (Fsp3) is 0.378. The van der Waals surface area contributed by atoms with Crippen molar-refractivity contribution in [2.24, 2.45) is 11.1 Å². The van der Waals surface area contributed by atoms with Gasteiger partial charge >= 0.3 is 0 Å². The summed E-state index contributed by atoms with van der Waals surface area (Å²) in [7, 11) is -1.76. The Morgan fingerprint density at radius 3 is 2.26 bits per heavy atom. The lowest BCUT2D eigenvalue weighted by Crippen LogP contribution is -2.46. The minimum atomic E-state index is -3.32. The zero-order valence-electron chi connectivity index (χ0n) is 28.6. The molecule has 0 radical (unpaired) electrons. The predicted molar refractivity (Wildman–Crippen MR) is 197 cm³/mol. The van der Waals surface area contributed by atoms with Gasteiger partial charge in [-0.15, -0.1) is 0 Å². The molecule has 1 spiro atoms. The molecule has 13 heteroatoms. The quantitative estimate of drug-likeness (QED) is 0.269. The van der Waals surface area contributed by atoms with Crippen LogP contribution in [0.15, 0.2) is 72.9 Å². The lowest BCUT2D eigenvalue weighted by Gasteiger charge is -2.38. The van der Waals surface area contributed by atoms with Crippen LogP contribution in [-0.4, -0.2) is 95.4 Å². The van der Waals surface area contributed by atoms with Crippen molar-refractivity contribution in [3.05, 3.63) is 89.6 Å². The van der Waals surface area contributed by atoms with E-state index in [0.29, 0.717) is 60.6 Å². The largest absolute Gasteiger partial charge is 0.496 e. The van der Waals surface area contributed by atoms with Crippen LogP contribution in [0.1, 0.15) is 40.7 Å². The number of hydrogen-bond acceptors (Lipinski definition) is 9. The van der Waals surface area contributed by atoms with Crippen molar-refractivity contribution in [1.29, 1.82) is 5.41 Å². The molecule has 0 aromatic heterocycles. The SMILES string of the molecule is COc1cc(N2CCC3(CCN(C(=O)c4ccc(N5CCN(Cc6cccc(NS(C)(=O)=O)c6)CC5)cc4)CC3)C2=O)ccc1/C(C=N)=C/N. The molecule has 6 rings (SSSR count). The Hall–Kier alpha value is -4.88. The summed E-state index contributed by atoms with van der Waals surface area (Å²) < 4.78 is 31.3. The molecular formula is C37H45N7O5S. The summed E-state index contributed by atoms with van der Waals surface area (Å²) in [6.07, 6.45) is 5.67. The van der Waals surface area contributed by atoms with Crippen molar-refractivity contribution in [3.63, 3.8) is 0 Å². The molecule has 0 aliphatic carbocycles. The number of piperidine rings is 1. The van der Waals surface area contributed by atoms with Gasteiger partial charge < -0.3 is 30.6 Å². The number of methoxy groups -OCH3 is 1. The highest BCUT2D eigenvalue weighted by Gasteiger charge is 2.49. The van der Waals surface area contributed by atoms with Crippen LogP contribution in [-0.2, 0) is 21.4 Å². The Kier molecular flexibility index (Phi) is 10.2. The maximum Gasteiger partial charge on any atom is 0.253 e. The normalized spacial score (nSPS) is 18.4. The number of anilines is 3. The lowest BCUT2D eigenvalue weighted by molar-refractivity contribution is -0.127. The number of allylic oxidation sites excluding steroid dienone is 1. The molecule has 50 heavy (non-hydrogen) atoms. The van der Waals surface area contributed by atoms with Crippen molar-refractivity contribution in [2.45, 2.75) is 25.8 Å². The van der Waals surface area contributed by atoms with Gasteiger partial charge in [-0.05, 0) is 73.4 Å². The van der Waals surface area contributed by atoms with Crippen molar-refractivity contribution >= 4 is 50.7 Å². The van der Waals surface area contributed by atoms with E-state index in [4.69, 9.17) is 15.9 Å². The Balaban J connectivity index is 1.01. The van der Waals surface area contributed by atoms with Crippen molar-refractivity contribution in [3.8, 4) is 5.75 Å². The molecule has 3 heterocycles. The van der Waals surface area contributed by atoms with Gasteiger partial charge in [0.25, 0.3) is 5.91 Å². The maximum absolute atomic E-state index is 13.8. The molecule has 3 aromatic carbocycles. The molecule has 264 valence electrons. The van der Waals surface area contributed by atoms with Crippen LogP contribution in [0.5, 0.6) is 5.75 Å². The monoisotopic (exact) mass is 699 g/mol. The van der Waals surface area contributed by atoms with E-state index >= 15 is 0 Å². The second-order valence-corrected chi connectivity index (χ2v) is 15.1. The number of carbonyl (C=O) groups is 2. The van der Waals surface area contributed by atoms with Crippen LogP contribution in [0.2, 0.25) is 0 Å². The van der Waals surface area contributed by atoms with E-state index in [9.17, 15) is 18.0 Å². The smallest absolute Gasteiger partial charge is 0.253 e. The van der Waals surface area contributed by atoms with E-state index in [0.717, 1.165) is 62.3 Å². The van der Waals surface area contributed by atoms with Crippen molar-refractivity contribution in [1.82, 2.24) is 9.80 Å². The molecule has 4 N–H and O–H groups in total. The average Bonchev–Trinajstić information content (AvgIpc) is 3.43. The van der Waals surface area contributed by atoms with Crippen LogP contribution >= 0.6 is 0 Å². The fourth-order valence-corrected chi connectivity index (χ4v) is 7.89. The number of nitrogens with two attached hydrogens (primary N) is 1. The molecule has 12 nitrogen and oxygen atoms in total. The number of carbonyl (C=O) groups excluding carboxylic acids is 2. The molecule has 2 amide bonds. The third-order valence-electron chi connectivity index (χ3n) is 10.2. The van der Waals surface area contributed by atoms with Gasteiger partial charge in [-0.3, -0.25) is 19.2 Å². The second kappa shape index (κ2) is 14.5. The van der Waals surface area contributed by atoms with Gasteiger partial charge in [-0.25, -0.2) is 8.42 Å². The fourth-order valence-electron chi connectivity index (χ4n) is 7.34. The molecule has 3 aromatic rings. The number of benzene rings is 3. The molecule has 0 unspecified atom stereocenters. The zero-order valence-corrected chi connectivity index (χ0v) is 29.4. The summed E-state index contributed by atoms with van der Waals surface area (Å²) in [5.41, 5.74) is 10.5. The van der Waals surface area contributed by atoms with Crippen LogP contribution in [0.4, 0.5) is 17.1 Å². The molecular weight excluding hydrogens is 655 g/mol. The number of nitrogens with zero attached hydrogens (tertiary/aromatic N) is 4. The molecule has 0 bridgehead atoms. The van der Waals surface area contributed by atoms with Crippen LogP contribution < -0.4 is 25.0 Å². The van der Waals surface area contributed by atoms with E-state index in [1.165, 1.54) is 12.4 Å². The number of ether oxygens (including phenoxy) is 1. The number of sulfonamides is 1. The van der Waals surface area contributed by atoms with Crippen LogP contribution in [0.3, 0.4) is 0 Å². The Morgan fingerprint density at radius 1 is 0.940 bits per heavy atom. The maximum atomic E-state index is 13.8. The van der Waals surface area contributed by atoms with Crippen LogP contribution in [0.25, 0.3) is 5.57 Å².